The van der Waals surface area contributed by atoms with Crippen LogP contribution in [0.3, 0.4) is 0 Å². The molecule has 2 aliphatic heterocycles. The summed E-state index contributed by atoms with van der Waals surface area (Å²) in [6, 6.07) is 12.0. The molecule has 2 saturated heterocycles. The molecule has 2 fully saturated rings. The van der Waals surface area contributed by atoms with Crippen LogP contribution in [0, 0.1) is 0 Å². The van der Waals surface area contributed by atoms with Crippen molar-refractivity contribution in [3.63, 3.8) is 0 Å². The van der Waals surface area contributed by atoms with E-state index in [1.54, 1.807) is 0 Å². The lowest BCUT2D eigenvalue weighted by molar-refractivity contribution is 0.602. The van der Waals surface area contributed by atoms with Gasteiger partial charge in [0.15, 0.2) is 9.84 Å². The molecular weight excluding hydrogens is 360 g/mol. The smallest absolute Gasteiger partial charge is 0.225 e. The molecule has 144 valence electrons. The molecule has 0 amide bonds. The average Bonchev–Trinajstić information content (AvgIpc) is 2.87. The van der Waals surface area contributed by atoms with Crippen LogP contribution in [0.25, 0.3) is 11.3 Å². The van der Waals surface area contributed by atoms with Crippen molar-refractivity contribution in [2.24, 2.45) is 0 Å². The monoisotopic (exact) mass is 386 g/mol. The van der Waals surface area contributed by atoms with Gasteiger partial charge in [-0.1, -0.05) is 43.2 Å². The first-order valence-corrected chi connectivity index (χ1v) is 11.6. The van der Waals surface area contributed by atoms with Gasteiger partial charge in [0.1, 0.15) is 5.82 Å². The molecule has 0 bridgehead atoms. The first-order chi connectivity index (χ1) is 13.1. The van der Waals surface area contributed by atoms with Gasteiger partial charge in [-0.2, -0.15) is 4.98 Å². The van der Waals surface area contributed by atoms with E-state index in [4.69, 9.17) is 4.98 Å². The molecule has 2 aromatic rings. The fourth-order valence-corrected chi connectivity index (χ4v) is 5.48. The second-order valence-electron chi connectivity index (χ2n) is 7.45. The van der Waals surface area contributed by atoms with Crippen molar-refractivity contribution in [3.05, 3.63) is 36.4 Å². The van der Waals surface area contributed by atoms with E-state index < -0.39 is 9.84 Å². The molecule has 1 aromatic carbocycles. The van der Waals surface area contributed by atoms with E-state index in [1.165, 1.54) is 25.7 Å². The molecule has 3 heterocycles. The average molecular weight is 387 g/mol. The minimum absolute atomic E-state index is 0.113. The highest BCUT2D eigenvalue weighted by Crippen LogP contribution is 2.26. The van der Waals surface area contributed by atoms with Crippen molar-refractivity contribution in [2.75, 3.05) is 34.8 Å². The maximum absolute atomic E-state index is 11.8. The number of nitrogens with one attached hydrogen (secondary N) is 1. The lowest BCUT2D eigenvalue weighted by Crippen LogP contribution is -2.27. The summed E-state index contributed by atoms with van der Waals surface area (Å²) < 4.78 is 23.6. The first kappa shape index (κ1) is 18.2. The SMILES string of the molecule is O=S1(=O)CCC(Nc2nc(-c3ccccc3)cc(N3CCCCCC3)n2)C1. The second-order valence-corrected chi connectivity index (χ2v) is 9.68. The largest absolute Gasteiger partial charge is 0.356 e. The zero-order valence-corrected chi connectivity index (χ0v) is 16.3. The van der Waals surface area contributed by atoms with Crippen molar-refractivity contribution in [2.45, 2.75) is 38.1 Å². The van der Waals surface area contributed by atoms with Gasteiger partial charge in [0.2, 0.25) is 5.95 Å². The summed E-state index contributed by atoms with van der Waals surface area (Å²) in [6.45, 7) is 2.00. The number of rotatable bonds is 4. The van der Waals surface area contributed by atoms with E-state index in [1.807, 2.05) is 30.3 Å². The first-order valence-electron chi connectivity index (χ1n) is 9.75. The quantitative estimate of drug-likeness (QED) is 0.870. The molecule has 0 aliphatic carbocycles. The van der Waals surface area contributed by atoms with Crippen LogP contribution in [0.5, 0.6) is 0 Å². The Morgan fingerprint density at radius 2 is 1.74 bits per heavy atom. The molecular formula is C20H26N4O2S. The summed E-state index contributed by atoms with van der Waals surface area (Å²) in [6.07, 6.45) is 5.49. The number of benzene rings is 1. The van der Waals surface area contributed by atoms with Gasteiger partial charge in [0.05, 0.1) is 17.2 Å². The molecule has 6 nitrogen and oxygen atoms in total. The van der Waals surface area contributed by atoms with Gasteiger partial charge < -0.3 is 10.2 Å². The van der Waals surface area contributed by atoms with E-state index >= 15 is 0 Å². The number of nitrogens with zero attached hydrogens (tertiary/aromatic N) is 3. The van der Waals surface area contributed by atoms with Crippen LogP contribution in [0.2, 0.25) is 0 Å². The summed E-state index contributed by atoms with van der Waals surface area (Å²) >= 11 is 0. The van der Waals surface area contributed by atoms with Gasteiger partial charge in [-0.15, -0.1) is 0 Å². The zero-order valence-electron chi connectivity index (χ0n) is 15.5. The van der Waals surface area contributed by atoms with Gasteiger partial charge in [-0.25, -0.2) is 13.4 Å². The third-order valence-electron chi connectivity index (χ3n) is 5.28. The molecule has 0 radical (unpaired) electrons. The van der Waals surface area contributed by atoms with Gasteiger partial charge in [0, 0.05) is 30.8 Å². The van der Waals surface area contributed by atoms with Gasteiger partial charge in [-0.3, -0.25) is 0 Å². The van der Waals surface area contributed by atoms with Crippen LogP contribution < -0.4 is 10.2 Å². The Morgan fingerprint density at radius 3 is 2.41 bits per heavy atom. The predicted octanol–water partition coefficient (Wildman–Crippen LogP) is 3.12. The van der Waals surface area contributed by atoms with Crippen molar-refractivity contribution < 1.29 is 8.42 Å². The minimum atomic E-state index is -2.94. The Balaban J connectivity index is 1.66. The Morgan fingerprint density at radius 1 is 1.00 bits per heavy atom. The van der Waals surface area contributed by atoms with Crippen LogP contribution in [-0.2, 0) is 9.84 Å². The Kier molecular flexibility index (Phi) is 5.29. The highest BCUT2D eigenvalue weighted by Gasteiger charge is 2.28. The normalized spacial score (nSPS) is 22.4. The second kappa shape index (κ2) is 7.84. The van der Waals surface area contributed by atoms with E-state index in [0.717, 1.165) is 30.2 Å². The highest BCUT2D eigenvalue weighted by molar-refractivity contribution is 7.91. The molecule has 2 aliphatic rings. The summed E-state index contributed by atoms with van der Waals surface area (Å²) in [4.78, 5) is 11.8. The Labute approximate surface area is 161 Å². The summed E-state index contributed by atoms with van der Waals surface area (Å²) in [5.74, 6) is 1.85. The molecule has 1 aromatic heterocycles. The van der Waals surface area contributed by atoms with Crippen molar-refractivity contribution in [3.8, 4) is 11.3 Å². The molecule has 0 spiro atoms. The fourth-order valence-electron chi connectivity index (χ4n) is 3.81. The molecule has 7 heteroatoms. The van der Waals surface area contributed by atoms with Gasteiger partial charge in [0.25, 0.3) is 0 Å². The maximum atomic E-state index is 11.8. The predicted molar refractivity (Wildman–Crippen MR) is 109 cm³/mol. The standard InChI is InChI=1S/C20H26N4O2S/c25-27(26)13-10-17(15-27)21-20-22-18(16-8-4-3-5-9-16)14-19(23-20)24-11-6-1-2-7-12-24/h3-5,8-9,14,17H,1-2,6-7,10-13,15H2,(H,21,22,23). The molecule has 1 atom stereocenters. The van der Waals surface area contributed by atoms with Crippen molar-refractivity contribution in [1.29, 1.82) is 0 Å². The summed E-state index contributed by atoms with van der Waals surface area (Å²) in [5, 5.41) is 3.27. The van der Waals surface area contributed by atoms with E-state index in [0.29, 0.717) is 12.4 Å². The van der Waals surface area contributed by atoms with Crippen LogP contribution in [0.15, 0.2) is 36.4 Å². The Hall–Kier alpha value is -2.15. The number of hydrogen-bond donors (Lipinski definition) is 1. The zero-order chi connectivity index (χ0) is 18.7. The molecule has 0 saturated carbocycles. The highest BCUT2D eigenvalue weighted by atomic mass is 32.2. The van der Waals surface area contributed by atoms with Crippen molar-refractivity contribution in [1.82, 2.24) is 9.97 Å². The molecule has 1 N–H and O–H groups in total. The fraction of sp³-hybridized carbons (Fsp3) is 0.500. The number of anilines is 2. The van der Waals surface area contributed by atoms with Crippen LogP contribution in [-0.4, -0.2) is 49.0 Å². The maximum Gasteiger partial charge on any atom is 0.225 e. The Bertz CT molecular complexity index is 878. The van der Waals surface area contributed by atoms with Gasteiger partial charge >= 0.3 is 0 Å². The molecule has 27 heavy (non-hydrogen) atoms. The third-order valence-corrected chi connectivity index (χ3v) is 7.05. The van der Waals surface area contributed by atoms with E-state index in [9.17, 15) is 8.42 Å². The number of aromatic nitrogens is 2. The topological polar surface area (TPSA) is 75.2 Å². The van der Waals surface area contributed by atoms with Crippen LogP contribution >= 0.6 is 0 Å². The lowest BCUT2D eigenvalue weighted by Gasteiger charge is -2.23. The van der Waals surface area contributed by atoms with Crippen LogP contribution in [0.4, 0.5) is 11.8 Å². The minimum Gasteiger partial charge on any atom is -0.356 e. The van der Waals surface area contributed by atoms with E-state index in [2.05, 4.69) is 21.3 Å². The lowest BCUT2D eigenvalue weighted by atomic mass is 10.1. The molecule has 1 unspecified atom stereocenters. The summed E-state index contributed by atoms with van der Waals surface area (Å²) in [7, 11) is -2.94. The third kappa shape index (κ3) is 4.58. The van der Waals surface area contributed by atoms with Crippen molar-refractivity contribution >= 4 is 21.6 Å². The number of sulfone groups is 1. The summed E-state index contributed by atoms with van der Waals surface area (Å²) in [5.41, 5.74) is 1.91. The van der Waals surface area contributed by atoms with Crippen LogP contribution in [0.1, 0.15) is 32.1 Å². The van der Waals surface area contributed by atoms with Gasteiger partial charge in [-0.05, 0) is 19.3 Å². The number of hydrogen-bond acceptors (Lipinski definition) is 6. The van der Waals surface area contributed by atoms with E-state index in [-0.39, 0.29) is 17.5 Å². The molecule has 4 rings (SSSR count).